The molecule has 4 heteroatoms. The highest BCUT2D eigenvalue weighted by molar-refractivity contribution is 5.87. The molecule has 0 aliphatic carbocycles. The lowest BCUT2D eigenvalue weighted by Gasteiger charge is -2.25. The van der Waals surface area contributed by atoms with E-state index < -0.39 is 5.97 Å². The van der Waals surface area contributed by atoms with Crippen molar-refractivity contribution in [3.8, 4) is 0 Å². The van der Waals surface area contributed by atoms with Gasteiger partial charge >= 0.3 is 5.97 Å². The number of esters is 1. The quantitative estimate of drug-likeness (QED) is 0.324. The average Bonchev–Trinajstić information content (AvgIpc) is 2.43. The van der Waals surface area contributed by atoms with E-state index in [0.717, 1.165) is 11.9 Å². The molecule has 20 heavy (non-hydrogen) atoms. The summed E-state index contributed by atoms with van der Waals surface area (Å²) < 4.78 is 10.2. The minimum atomic E-state index is -0.411. The van der Waals surface area contributed by atoms with Crippen molar-refractivity contribution in [3.63, 3.8) is 0 Å². The molecule has 0 amide bonds. The van der Waals surface area contributed by atoms with Crippen LogP contribution >= 0.6 is 0 Å². The zero-order chi connectivity index (χ0) is 15.0. The Balaban J connectivity index is 2.62. The minimum absolute atomic E-state index is 0.105. The average molecular weight is 276 g/mol. The molecule has 0 aromatic heterocycles. The van der Waals surface area contributed by atoms with Crippen molar-refractivity contribution in [3.05, 3.63) is 47.8 Å². The van der Waals surface area contributed by atoms with Crippen molar-refractivity contribution in [1.29, 1.82) is 0 Å². The van der Waals surface area contributed by atoms with Crippen LogP contribution < -0.4 is 0 Å². The van der Waals surface area contributed by atoms with Gasteiger partial charge in [-0.2, -0.15) is 0 Å². The Hall–Kier alpha value is -2.10. The molecular formula is C16H20O4. The van der Waals surface area contributed by atoms with Gasteiger partial charge in [0.25, 0.3) is 0 Å². The molecule has 0 N–H and O–H groups in total. The molecule has 0 radical (unpaired) electrons. The Kier molecular flexibility index (Phi) is 6.50. The van der Waals surface area contributed by atoms with Crippen LogP contribution in [0, 0.1) is 5.92 Å². The summed E-state index contributed by atoms with van der Waals surface area (Å²) in [5.74, 6) is -0.0348. The minimum Gasteiger partial charge on any atom is -0.490 e. The lowest BCUT2D eigenvalue weighted by molar-refractivity contribution is -0.151. The van der Waals surface area contributed by atoms with Crippen LogP contribution in [0.1, 0.15) is 20.3 Å². The highest BCUT2D eigenvalue weighted by Crippen LogP contribution is 2.22. The van der Waals surface area contributed by atoms with Crippen LogP contribution in [0.4, 0.5) is 0 Å². The molecule has 0 fully saturated rings. The fourth-order valence-corrected chi connectivity index (χ4v) is 1.93. The van der Waals surface area contributed by atoms with Crippen molar-refractivity contribution < 1.29 is 19.1 Å². The van der Waals surface area contributed by atoms with Crippen LogP contribution in [0.5, 0.6) is 0 Å². The summed E-state index contributed by atoms with van der Waals surface area (Å²) >= 11 is 0. The van der Waals surface area contributed by atoms with Gasteiger partial charge in [-0.1, -0.05) is 36.8 Å². The first-order valence-corrected chi connectivity index (χ1v) is 6.50. The first-order valence-electron chi connectivity index (χ1n) is 6.50. The van der Waals surface area contributed by atoms with Gasteiger partial charge in [-0.15, -0.1) is 0 Å². The van der Waals surface area contributed by atoms with Crippen molar-refractivity contribution >= 4 is 12.3 Å². The van der Waals surface area contributed by atoms with Gasteiger partial charge in [0.2, 0.25) is 0 Å². The molecule has 0 saturated heterocycles. The predicted molar refractivity (Wildman–Crippen MR) is 76.9 cm³/mol. The number of hydrogen-bond donors (Lipinski definition) is 0. The van der Waals surface area contributed by atoms with Crippen LogP contribution in [-0.4, -0.2) is 25.5 Å². The summed E-state index contributed by atoms with van der Waals surface area (Å²) in [7, 11) is 1.46. The standard InChI is InChI=1S/C16H20O4/c1-12(7-5-4-6-10-17)11-13(2)14-8-9-15(19-3)16(18)20-14/h4-7,9-11,13-14H,8H2,1-3H3/b6-4-,7-5-,12-11+/t13-,14-/m0/s1. The summed E-state index contributed by atoms with van der Waals surface area (Å²) in [5, 5.41) is 0. The summed E-state index contributed by atoms with van der Waals surface area (Å²) in [6.07, 6.45) is 11.8. The van der Waals surface area contributed by atoms with Crippen LogP contribution in [-0.2, 0) is 19.1 Å². The number of aldehydes is 1. The SMILES string of the molecule is COC1=CC[C@@H]([C@@H](C)/C=C(C)/C=C\C=C/C=O)OC1=O. The topological polar surface area (TPSA) is 52.6 Å². The molecule has 0 saturated carbocycles. The number of hydrogen-bond acceptors (Lipinski definition) is 4. The molecule has 0 unspecified atom stereocenters. The lowest BCUT2D eigenvalue weighted by Crippen LogP contribution is -2.29. The van der Waals surface area contributed by atoms with E-state index in [9.17, 15) is 9.59 Å². The number of cyclic esters (lactones) is 1. The Morgan fingerprint density at radius 3 is 2.80 bits per heavy atom. The van der Waals surface area contributed by atoms with E-state index >= 15 is 0 Å². The van der Waals surface area contributed by atoms with Crippen LogP contribution in [0.2, 0.25) is 0 Å². The highest BCUT2D eigenvalue weighted by atomic mass is 16.6. The van der Waals surface area contributed by atoms with Crippen molar-refractivity contribution in [1.82, 2.24) is 0 Å². The van der Waals surface area contributed by atoms with Gasteiger partial charge < -0.3 is 9.47 Å². The number of carbonyl (C=O) groups is 2. The lowest BCUT2D eigenvalue weighted by atomic mass is 9.97. The van der Waals surface area contributed by atoms with E-state index in [1.165, 1.54) is 13.2 Å². The first-order chi connectivity index (χ1) is 9.58. The normalized spacial score (nSPS) is 21.8. The Morgan fingerprint density at radius 2 is 2.20 bits per heavy atom. The molecule has 1 rings (SSSR count). The zero-order valence-corrected chi connectivity index (χ0v) is 12.0. The summed E-state index contributed by atoms with van der Waals surface area (Å²) in [6, 6.07) is 0. The predicted octanol–water partition coefficient (Wildman–Crippen LogP) is 2.73. The Bertz CT molecular complexity index is 469. The maximum Gasteiger partial charge on any atom is 0.373 e. The molecule has 1 aliphatic heterocycles. The summed E-state index contributed by atoms with van der Waals surface area (Å²) in [4.78, 5) is 21.7. The van der Waals surface area contributed by atoms with Crippen molar-refractivity contribution in [2.75, 3.05) is 7.11 Å². The third-order valence-electron chi connectivity index (χ3n) is 2.99. The second-order valence-electron chi connectivity index (χ2n) is 4.60. The Labute approximate surface area is 119 Å². The fraction of sp³-hybridized carbons (Fsp3) is 0.375. The van der Waals surface area contributed by atoms with E-state index in [-0.39, 0.29) is 17.8 Å². The zero-order valence-electron chi connectivity index (χ0n) is 12.0. The third-order valence-corrected chi connectivity index (χ3v) is 2.99. The van der Waals surface area contributed by atoms with E-state index in [4.69, 9.17) is 9.47 Å². The van der Waals surface area contributed by atoms with E-state index in [1.807, 2.05) is 26.0 Å². The second-order valence-corrected chi connectivity index (χ2v) is 4.60. The number of methoxy groups -OCH3 is 1. The third kappa shape index (κ3) is 4.88. The number of rotatable bonds is 6. The Morgan fingerprint density at radius 1 is 1.45 bits per heavy atom. The fourth-order valence-electron chi connectivity index (χ4n) is 1.93. The molecule has 0 spiro atoms. The molecule has 2 atom stereocenters. The molecule has 0 aromatic carbocycles. The monoisotopic (exact) mass is 276 g/mol. The van der Waals surface area contributed by atoms with Crippen LogP contribution in [0.25, 0.3) is 0 Å². The number of ether oxygens (including phenoxy) is 2. The molecule has 0 bridgehead atoms. The number of carbonyl (C=O) groups excluding carboxylic acids is 2. The number of allylic oxidation sites excluding steroid dienone is 5. The summed E-state index contributed by atoms with van der Waals surface area (Å²) in [5.41, 5.74) is 1.05. The maximum absolute atomic E-state index is 11.6. The molecule has 0 aromatic rings. The van der Waals surface area contributed by atoms with E-state index in [2.05, 4.69) is 0 Å². The molecule has 1 heterocycles. The maximum atomic E-state index is 11.6. The van der Waals surface area contributed by atoms with Crippen LogP contribution in [0.3, 0.4) is 0 Å². The molecule has 4 nitrogen and oxygen atoms in total. The second kappa shape index (κ2) is 8.15. The van der Waals surface area contributed by atoms with Gasteiger partial charge in [-0.3, -0.25) is 4.79 Å². The van der Waals surface area contributed by atoms with Gasteiger partial charge in [0.1, 0.15) is 12.4 Å². The van der Waals surface area contributed by atoms with E-state index in [0.29, 0.717) is 6.42 Å². The molecule has 108 valence electrons. The molecular weight excluding hydrogens is 256 g/mol. The van der Waals surface area contributed by atoms with Gasteiger partial charge in [0, 0.05) is 12.3 Å². The smallest absolute Gasteiger partial charge is 0.373 e. The van der Waals surface area contributed by atoms with Gasteiger partial charge in [0.05, 0.1) is 7.11 Å². The largest absolute Gasteiger partial charge is 0.490 e. The van der Waals surface area contributed by atoms with Gasteiger partial charge in [0.15, 0.2) is 5.76 Å². The summed E-state index contributed by atoms with van der Waals surface area (Å²) in [6.45, 7) is 3.96. The van der Waals surface area contributed by atoms with E-state index in [1.54, 1.807) is 18.2 Å². The van der Waals surface area contributed by atoms with Gasteiger partial charge in [-0.05, 0) is 19.1 Å². The molecule has 1 aliphatic rings. The van der Waals surface area contributed by atoms with Gasteiger partial charge in [-0.25, -0.2) is 4.79 Å². The highest BCUT2D eigenvalue weighted by Gasteiger charge is 2.26. The first kappa shape index (κ1) is 16.0. The van der Waals surface area contributed by atoms with Crippen molar-refractivity contribution in [2.45, 2.75) is 26.4 Å². The van der Waals surface area contributed by atoms with Crippen molar-refractivity contribution in [2.24, 2.45) is 5.92 Å². The van der Waals surface area contributed by atoms with Crippen LogP contribution in [0.15, 0.2) is 47.8 Å².